The van der Waals surface area contributed by atoms with Gasteiger partial charge in [0, 0.05) is 18.2 Å². The Kier molecular flexibility index (Phi) is 7.44. The first-order valence-corrected chi connectivity index (χ1v) is 10.1. The van der Waals surface area contributed by atoms with Crippen LogP contribution in [0.25, 0.3) is 0 Å². The van der Waals surface area contributed by atoms with Gasteiger partial charge in [-0.3, -0.25) is 4.79 Å². The third-order valence-corrected chi connectivity index (χ3v) is 5.38. The van der Waals surface area contributed by atoms with Crippen LogP contribution in [0.4, 0.5) is 5.69 Å². The van der Waals surface area contributed by atoms with E-state index < -0.39 is 0 Å². The summed E-state index contributed by atoms with van der Waals surface area (Å²) in [5, 5.41) is 6.80. The minimum Gasteiger partial charge on any atom is -0.489 e. The molecule has 1 atom stereocenters. The topological polar surface area (TPSA) is 59.6 Å². The summed E-state index contributed by atoms with van der Waals surface area (Å²) in [6.45, 7) is 2.31. The zero-order chi connectivity index (χ0) is 18.2. The summed E-state index contributed by atoms with van der Waals surface area (Å²) in [7, 11) is 0. The summed E-state index contributed by atoms with van der Waals surface area (Å²) in [6, 6.07) is 5.42. The number of carbonyl (C=O) groups is 1. The fraction of sp³-hybridized carbons (Fsp3) is 0.650. The second-order valence-electron chi connectivity index (χ2n) is 7.25. The third-order valence-electron chi connectivity index (χ3n) is 5.14. The lowest BCUT2D eigenvalue weighted by Crippen LogP contribution is -2.34. The van der Waals surface area contributed by atoms with Gasteiger partial charge in [0.2, 0.25) is 5.91 Å². The van der Waals surface area contributed by atoms with Crippen LogP contribution in [0, 0.1) is 5.92 Å². The molecule has 0 aromatic heterocycles. The molecule has 2 fully saturated rings. The predicted octanol–water partition coefficient (Wildman–Crippen LogP) is 4.01. The molecule has 0 radical (unpaired) electrons. The Labute approximate surface area is 160 Å². The first-order chi connectivity index (χ1) is 12.7. The van der Waals surface area contributed by atoms with Crippen molar-refractivity contribution in [1.29, 1.82) is 0 Å². The Bertz CT molecular complexity index is 584. The number of ether oxygens (including phenoxy) is 2. The smallest absolute Gasteiger partial charge is 0.239 e. The van der Waals surface area contributed by atoms with Crippen molar-refractivity contribution >= 4 is 23.2 Å². The van der Waals surface area contributed by atoms with Gasteiger partial charge in [-0.2, -0.15) is 0 Å². The number of hydrogen-bond acceptors (Lipinski definition) is 4. The molecule has 2 N–H and O–H groups in total. The first-order valence-electron chi connectivity index (χ1n) is 9.75. The number of carbonyl (C=O) groups excluding carboxylic acids is 1. The maximum atomic E-state index is 12.2. The number of anilines is 1. The molecule has 144 valence electrons. The normalized spacial score (nSPS) is 20.7. The van der Waals surface area contributed by atoms with Gasteiger partial charge in [-0.1, -0.05) is 30.9 Å². The van der Waals surface area contributed by atoms with Crippen molar-refractivity contribution in [1.82, 2.24) is 5.32 Å². The highest BCUT2D eigenvalue weighted by molar-refractivity contribution is 6.30. The molecule has 1 saturated heterocycles. The van der Waals surface area contributed by atoms with Crippen molar-refractivity contribution < 1.29 is 14.3 Å². The number of nitrogens with one attached hydrogen (secondary N) is 2. The molecule has 1 heterocycles. The van der Waals surface area contributed by atoms with E-state index in [9.17, 15) is 4.79 Å². The van der Waals surface area contributed by atoms with Crippen LogP contribution >= 0.6 is 11.6 Å². The summed E-state index contributed by atoms with van der Waals surface area (Å²) in [5.41, 5.74) is 0.739. The number of benzene rings is 1. The Morgan fingerprint density at radius 2 is 2.04 bits per heavy atom. The van der Waals surface area contributed by atoms with Crippen molar-refractivity contribution in [2.45, 2.75) is 51.0 Å². The van der Waals surface area contributed by atoms with Crippen LogP contribution in [0.5, 0.6) is 5.75 Å². The highest BCUT2D eigenvalue weighted by Gasteiger charge is 2.17. The molecule has 6 heteroatoms. The highest BCUT2D eigenvalue weighted by atomic mass is 35.5. The van der Waals surface area contributed by atoms with E-state index >= 15 is 0 Å². The first kappa shape index (κ1) is 19.3. The molecular formula is C20H29ClN2O3. The molecule has 2 aliphatic rings. The van der Waals surface area contributed by atoms with Crippen molar-refractivity contribution in [3.05, 3.63) is 23.2 Å². The molecule has 1 aromatic rings. The van der Waals surface area contributed by atoms with E-state index in [1.807, 2.05) is 6.07 Å². The second-order valence-corrected chi connectivity index (χ2v) is 7.68. The molecule has 3 rings (SSSR count). The highest BCUT2D eigenvalue weighted by Crippen LogP contribution is 2.29. The number of rotatable bonds is 8. The summed E-state index contributed by atoms with van der Waals surface area (Å²) < 4.78 is 11.5. The molecule has 0 spiro atoms. The largest absolute Gasteiger partial charge is 0.489 e. The molecule has 0 bridgehead atoms. The van der Waals surface area contributed by atoms with Crippen molar-refractivity contribution in [3.8, 4) is 5.75 Å². The van der Waals surface area contributed by atoms with Gasteiger partial charge in [0.1, 0.15) is 12.4 Å². The van der Waals surface area contributed by atoms with Gasteiger partial charge in [0.05, 0.1) is 18.3 Å². The quantitative estimate of drug-likeness (QED) is 0.715. The monoisotopic (exact) mass is 380 g/mol. The van der Waals surface area contributed by atoms with E-state index in [1.165, 1.54) is 32.1 Å². The summed E-state index contributed by atoms with van der Waals surface area (Å²) in [4.78, 5) is 12.2. The van der Waals surface area contributed by atoms with Gasteiger partial charge in [0.25, 0.3) is 0 Å². The van der Waals surface area contributed by atoms with E-state index in [0.717, 1.165) is 31.7 Å². The number of halogens is 1. The second kappa shape index (κ2) is 10.0. The van der Waals surface area contributed by atoms with E-state index in [2.05, 4.69) is 10.6 Å². The molecule has 1 aliphatic carbocycles. The van der Waals surface area contributed by atoms with Crippen LogP contribution in [-0.4, -0.2) is 38.3 Å². The summed E-state index contributed by atoms with van der Waals surface area (Å²) in [5.74, 6) is 1.33. The minimum atomic E-state index is 0.000579. The van der Waals surface area contributed by atoms with E-state index in [1.54, 1.807) is 12.1 Å². The third kappa shape index (κ3) is 6.06. The van der Waals surface area contributed by atoms with Crippen molar-refractivity contribution in [2.24, 2.45) is 5.92 Å². The predicted molar refractivity (Wildman–Crippen MR) is 104 cm³/mol. The lowest BCUT2D eigenvalue weighted by molar-refractivity contribution is -0.119. The van der Waals surface area contributed by atoms with Crippen LogP contribution in [0.15, 0.2) is 18.2 Å². The molecule has 5 nitrogen and oxygen atoms in total. The van der Waals surface area contributed by atoms with Gasteiger partial charge >= 0.3 is 0 Å². The van der Waals surface area contributed by atoms with E-state index in [0.29, 0.717) is 23.3 Å². The zero-order valence-corrected chi connectivity index (χ0v) is 16.0. The minimum absolute atomic E-state index is 0.000579. The molecule has 1 aliphatic heterocycles. The average molecular weight is 381 g/mol. The maximum Gasteiger partial charge on any atom is 0.239 e. The summed E-state index contributed by atoms with van der Waals surface area (Å²) >= 11 is 6.10. The zero-order valence-electron chi connectivity index (χ0n) is 15.3. The molecule has 1 unspecified atom stereocenters. The fourth-order valence-corrected chi connectivity index (χ4v) is 3.78. The van der Waals surface area contributed by atoms with E-state index in [-0.39, 0.29) is 18.6 Å². The van der Waals surface area contributed by atoms with E-state index in [4.69, 9.17) is 21.1 Å². The molecule has 26 heavy (non-hydrogen) atoms. The van der Waals surface area contributed by atoms with Gasteiger partial charge in [0.15, 0.2) is 0 Å². The molecular weight excluding hydrogens is 352 g/mol. The lowest BCUT2D eigenvalue weighted by Gasteiger charge is -2.22. The Morgan fingerprint density at radius 1 is 1.19 bits per heavy atom. The number of hydrogen-bond donors (Lipinski definition) is 2. The molecule has 1 amide bonds. The molecule has 1 saturated carbocycles. The number of amides is 1. The van der Waals surface area contributed by atoms with Crippen molar-refractivity contribution in [3.63, 3.8) is 0 Å². The van der Waals surface area contributed by atoms with Gasteiger partial charge in [-0.05, 0) is 49.8 Å². The van der Waals surface area contributed by atoms with Crippen LogP contribution in [-0.2, 0) is 9.53 Å². The SMILES string of the molecule is O=C(CNc1cc(Cl)ccc1OCC1CCCO1)NCC1CCCCC1. The standard InChI is InChI=1S/C20H29ClN2O3/c21-16-8-9-19(26-14-17-7-4-10-25-17)18(11-16)22-13-20(24)23-12-15-5-2-1-3-6-15/h8-9,11,15,17,22H,1-7,10,12-14H2,(H,23,24). The van der Waals surface area contributed by atoms with Gasteiger partial charge < -0.3 is 20.1 Å². The van der Waals surface area contributed by atoms with Gasteiger partial charge in [-0.15, -0.1) is 0 Å². The Balaban J connectivity index is 1.46. The summed E-state index contributed by atoms with van der Waals surface area (Å²) in [6.07, 6.45) is 8.61. The van der Waals surface area contributed by atoms with Gasteiger partial charge in [-0.25, -0.2) is 0 Å². The van der Waals surface area contributed by atoms with Crippen LogP contribution in [0.3, 0.4) is 0 Å². The lowest BCUT2D eigenvalue weighted by atomic mass is 9.89. The van der Waals surface area contributed by atoms with Crippen LogP contribution in [0.1, 0.15) is 44.9 Å². The van der Waals surface area contributed by atoms with Crippen molar-refractivity contribution in [2.75, 3.05) is 31.6 Å². The fourth-order valence-electron chi connectivity index (χ4n) is 3.61. The average Bonchev–Trinajstić information content (AvgIpc) is 3.18. The maximum absolute atomic E-state index is 12.2. The Hall–Kier alpha value is -1.46. The van der Waals surface area contributed by atoms with Crippen LogP contribution in [0.2, 0.25) is 5.02 Å². The van der Waals surface area contributed by atoms with Crippen LogP contribution < -0.4 is 15.4 Å². The molecule has 1 aromatic carbocycles. The Morgan fingerprint density at radius 3 is 2.81 bits per heavy atom.